The van der Waals surface area contributed by atoms with E-state index in [0.717, 1.165) is 44.8 Å². The van der Waals surface area contributed by atoms with Gasteiger partial charge in [-0.2, -0.15) is 0 Å². The molecule has 0 spiro atoms. The van der Waals surface area contributed by atoms with Crippen LogP contribution in [0.15, 0.2) is 35.1 Å². The molecule has 24 heavy (non-hydrogen) atoms. The number of rotatable bonds is 3. The quantitative estimate of drug-likeness (QED) is 0.831. The number of aromatic nitrogens is 2. The van der Waals surface area contributed by atoms with Crippen LogP contribution in [0.1, 0.15) is 10.5 Å². The molecule has 7 nitrogen and oxygen atoms in total. The Morgan fingerprint density at radius 2 is 2.04 bits per heavy atom. The van der Waals surface area contributed by atoms with E-state index in [4.69, 9.17) is 4.52 Å². The minimum atomic E-state index is -0.0562. The van der Waals surface area contributed by atoms with Gasteiger partial charge in [0.25, 0.3) is 5.91 Å². The molecule has 1 amide bonds. The second-order valence-electron chi connectivity index (χ2n) is 6.52. The number of likely N-dealkylation sites (tertiary alicyclic amines) is 1. The van der Waals surface area contributed by atoms with Gasteiger partial charge in [-0.3, -0.25) is 14.7 Å². The molecule has 2 fully saturated rings. The maximum Gasteiger partial charge on any atom is 0.276 e. The van der Waals surface area contributed by atoms with Crippen molar-refractivity contribution >= 4 is 5.91 Å². The van der Waals surface area contributed by atoms with Crippen LogP contribution in [0.5, 0.6) is 0 Å². The third kappa shape index (κ3) is 2.92. The number of hydrogen-bond acceptors (Lipinski definition) is 6. The van der Waals surface area contributed by atoms with Gasteiger partial charge in [-0.05, 0) is 19.2 Å². The molecule has 126 valence electrons. The summed E-state index contributed by atoms with van der Waals surface area (Å²) in [5, 5.41) is 3.93. The highest BCUT2D eigenvalue weighted by Gasteiger charge is 2.37. The topological polar surface area (TPSA) is 65.7 Å². The lowest BCUT2D eigenvalue weighted by atomic mass is 10.1. The smallest absolute Gasteiger partial charge is 0.276 e. The van der Waals surface area contributed by atoms with Gasteiger partial charge in [-0.15, -0.1) is 0 Å². The van der Waals surface area contributed by atoms with Crippen molar-refractivity contribution in [3.8, 4) is 11.3 Å². The predicted octanol–water partition coefficient (Wildman–Crippen LogP) is 0.808. The number of carbonyl (C=O) groups is 1. The van der Waals surface area contributed by atoms with Crippen molar-refractivity contribution in [1.82, 2.24) is 24.8 Å². The van der Waals surface area contributed by atoms with Crippen LogP contribution < -0.4 is 0 Å². The van der Waals surface area contributed by atoms with Crippen molar-refractivity contribution in [2.75, 3.05) is 46.3 Å². The zero-order chi connectivity index (χ0) is 16.5. The van der Waals surface area contributed by atoms with Gasteiger partial charge < -0.3 is 14.3 Å². The van der Waals surface area contributed by atoms with Crippen molar-refractivity contribution in [2.24, 2.45) is 0 Å². The van der Waals surface area contributed by atoms with Crippen molar-refractivity contribution in [2.45, 2.75) is 6.04 Å². The van der Waals surface area contributed by atoms with Crippen molar-refractivity contribution in [3.05, 3.63) is 36.3 Å². The van der Waals surface area contributed by atoms with Crippen LogP contribution in [0.3, 0.4) is 0 Å². The Bertz CT molecular complexity index is 703. The average molecular weight is 327 g/mol. The lowest BCUT2D eigenvalue weighted by Gasteiger charge is -2.47. The zero-order valence-corrected chi connectivity index (χ0v) is 13.8. The molecule has 0 saturated carbocycles. The Kier molecular flexibility index (Phi) is 4.03. The summed E-state index contributed by atoms with van der Waals surface area (Å²) < 4.78 is 5.29. The molecule has 2 aliphatic heterocycles. The molecule has 0 N–H and O–H groups in total. The first kappa shape index (κ1) is 15.3. The third-order valence-electron chi connectivity index (χ3n) is 4.88. The maximum atomic E-state index is 12.5. The van der Waals surface area contributed by atoms with E-state index in [-0.39, 0.29) is 5.91 Å². The van der Waals surface area contributed by atoms with E-state index in [1.807, 2.05) is 17.0 Å². The Hall–Kier alpha value is -2.25. The van der Waals surface area contributed by atoms with Gasteiger partial charge >= 0.3 is 0 Å². The van der Waals surface area contributed by atoms with Gasteiger partial charge in [-0.25, -0.2) is 0 Å². The minimum Gasteiger partial charge on any atom is -0.355 e. The standard InChI is InChI=1S/C17H21N5O2/c1-20-5-7-21(8-6-20)14-11-22(12-14)17(23)15-9-16(24-19-15)13-3-2-4-18-10-13/h2-4,9-10,14H,5-8,11-12H2,1H3. The highest BCUT2D eigenvalue weighted by atomic mass is 16.5. The molecule has 7 heteroatoms. The third-order valence-corrected chi connectivity index (χ3v) is 4.88. The van der Waals surface area contributed by atoms with Crippen molar-refractivity contribution in [3.63, 3.8) is 0 Å². The second-order valence-corrected chi connectivity index (χ2v) is 6.52. The van der Waals surface area contributed by atoms with Crippen LogP contribution in [-0.4, -0.2) is 83.1 Å². The number of likely N-dealkylation sites (N-methyl/N-ethyl adjacent to an activating group) is 1. The molecule has 0 aliphatic carbocycles. The van der Waals surface area contributed by atoms with Crippen LogP contribution >= 0.6 is 0 Å². The summed E-state index contributed by atoms with van der Waals surface area (Å²) in [4.78, 5) is 23.2. The van der Waals surface area contributed by atoms with E-state index < -0.39 is 0 Å². The molecular formula is C17H21N5O2. The van der Waals surface area contributed by atoms with Gasteiger partial charge in [0.2, 0.25) is 0 Å². The molecule has 2 aliphatic rings. The average Bonchev–Trinajstić information content (AvgIpc) is 3.06. The molecule has 0 radical (unpaired) electrons. The van der Waals surface area contributed by atoms with Crippen LogP contribution in [-0.2, 0) is 0 Å². The van der Waals surface area contributed by atoms with Crippen molar-refractivity contribution < 1.29 is 9.32 Å². The lowest BCUT2D eigenvalue weighted by Crippen LogP contribution is -2.64. The molecule has 2 saturated heterocycles. The maximum absolute atomic E-state index is 12.5. The van der Waals surface area contributed by atoms with Crippen LogP contribution in [0.2, 0.25) is 0 Å². The summed E-state index contributed by atoms with van der Waals surface area (Å²) in [7, 11) is 2.15. The van der Waals surface area contributed by atoms with Gasteiger partial charge in [-0.1, -0.05) is 5.16 Å². The first-order valence-corrected chi connectivity index (χ1v) is 8.30. The molecular weight excluding hydrogens is 306 g/mol. The predicted molar refractivity (Wildman–Crippen MR) is 88.5 cm³/mol. The SMILES string of the molecule is CN1CCN(C2CN(C(=O)c3cc(-c4cccnc4)on3)C2)CC1. The normalized spacial score (nSPS) is 20.1. The Morgan fingerprint density at radius 1 is 1.25 bits per heavy atom. The number of piperazine rings is 1. The minimum absolute atomic E-state index is 0.0562. The second kappa shape index (κ2) is 6.33. The molecule has 4 rings (SSSR count). The first-order valence-electron chi connectivity index (χ1n) is 8.30. The summed E-state index contributed by atoms with van der Waals surface area (Å²) in [5.74, 6) is 0.516. The monoisotopic (exact) mass is 327 g/mol. The molecule has 2 aromatic heterocycles. The lowest BCUT2D eigenvalue weighted by molar-refractivity contribution is 0.0104. The number of pyridine rings is 1. The summed E-state index contributed by atoms with van der Waals surface area (Å²) in [6.45, 7) is 5.91. The van der Waals surface area contributed by atoms with E-state index in [1.54, 1.807) is 18.5 Å². The van der Waals surface area contributed by atoms with Crippen LogP contribution in [0.25, 0.3) is 11.3 Å². The summed E-state index contributed by atoms with van der Waals surface area (Å²) in [6, 6.07) is 5.89. The van der Waals surface area contributed by atoms with Gasteiger partial charge in [0, 0.05) is 69.3 Å². The van der Waals surface area contributed by atoms with Gasteiger partial charge in [0.1, 0.15) is 0 Å². The fraction of sp³-hybridized carbons (Fsp3) is 0.471. The number of carbonyl (C=O) groups excluding carboxylic acids is 1. The summed E-state index contributed by atoms with van der Waals surface area (Å²) in [5.41, 5.74) is 1.19. The van der Waals surface area contributed by atoms with Crippen LogP contribution in [0, 0.1) is 0 Å². The summed E-state index contributed by atoms with van der Waals surface area (Å²) in [6.07, 6.45) is 3.40. The fourth-order valence-corrected chi connectivity index (χ4v) is 3.22. The zero-order valence-electron chi connectivity index (χ0n) is 13.8. The molecule has 0 unspecified atom stereocenters. The largest absolute Gasteiger partial charge is 0.355 e. The van der Waals surface area contributed by atoms with E-state index in [9.17, 15) is 4.79 Å². The van der Waals surface area contributed by atoms with Crippen molar-refractivity contribution in [1.29, 1.82) is 0 Å². The fourth-order valence-electron chi connectivity index (χ4n) is 3.22. The number of nitrogens with zero attached hydrogens (tertiary/aromatic N) is 5. The van der Waals surface area contributed by atoms with E-state index in [1.165, 1.54) is 0 Å². The molecule has 2 aromatic rings. The van der Waals surface area contributed by atoms with E-state index >= 15 is 0 Å². The molecule has 0 aromatic carbocycles. The number of amides is 1. The highest BCUT2D eigenvalue weighted by Crippen LogP contribution is 2.22. The van der Waals surface area contributed by atoms with Gasteiger partial charge in [0.05, 0.1) is 0 Å². The Labute approximate surface area is 140 Å². The Balaban J connectivity index is 1.35. The highest BCUT2D eigenvalue weighted by molar-refractivity contribution is 5.93. The van der Waals surface area contributed by atoms with E-state index in [2.05, 4.69) is 27.0 Å². The molecule has 4 heterocycles. The first-order chi connectivity index (χ1) is 11.7. The summed E-state index contributed by atoms with van der Waals surface area (Å²) >= 11 is 0. The van der Waals surface area contributed by atoms with Crippen LogP contribution in [0.4, 0.5) is 0 Å². The Morgan fingerprint density at radius 3 is 2.75 bits per heavy atom. The molecule has 0 atom stereocenters. The van der Waals surface area contributed by atoms with E-state index in [0.29, 0.717) is 17.5 Å². The molecule has 0 bridgehead atoms. The van der Waals surface area contributed by atoms with Gasteiger partial charge in [0.15, 0.2) is 11.5 Å². The number of hydrogen-bond donors (Lipinski definition) is 0.